The largest absolute Gasteiger partial charge is 0.489 e. The van der Waals surface area contributed by atoms with Gasteiger partial charge >= 0.3 is 6.09 Å². The lowest BCUT2D eigenvalue weighted by Crippen LogP contribution is -2.27. The van der Waals surface area contributed by atoms with Crippen molar-refractivity contribution in [1.82, 2.24) is 5.32 Å². The number of alkyl carbamates (subject to hydrolysis) is 1. The fourth-order valence-corrected chi connectivity index (χ4v) is 1.64. The molecule has 102 valence electrons. The minimum Gasteiger partial charge on any atom is -0.489 e. The molecular formula is C15H19NO3. The fourth-order valence-electron chi connectivity index (χ4n) is 1.64. The summed E-state index contributed by atoms with van der Waals surface area (Å²) in [6.45, 7) is 9.72. The molecule has 1 rings (SSSR count). The van der Waals surface area contributed by atoms with Gasteiger partial charge in [0.2, 0.25) is 0 Å². The van der Waals surface area contributed by atoms with Gasteiger partial charge in [-0.1, -0.05) is 30.4 Å². The zero-order valence-electron chi connectivity index (χ0n) is 11.3. The SMILES string of the molecule is C=CCOc1ccc(C)cc1C(C=C)NC(=O)OC. The maximum atomic E-state index is 11.3. The molecule has 1 N–H and O–H groups in total. The molecule has 1 aromatic rings. The Balaban J connectivity index is 3.05. The summed E-state index contributed by atoms with van der Waals surface area (Å²) in [4.78, 5) is 11.3. The van der Waals surface area contributed by atoms with Crippen LogP contribution < -0.4 is 10.1 Å². The zero-order chi connectivity index (χ0) is 14.3. The van der Waals surface area contributed by atoms with E-state index < -0.39 is 6.09 Å². The number of carbonyl (C=O) groups is 1. The van der Waals surface area contributed by atoms with Crippen LogP contribution in [-0.4, -0.2) is 19.8 Å². The second kappa shape index (κ2) is 7.26. The van der Waals surface area contributed by atoms with Crippen molar-refractivity contribution in [3.8, 4) is 5.75 Å². The van der Waals surface area contributed by atoms with Crippen molar-refractivity contribution in [3.05, 3.63) is 54.6 Å². The Labute approximate surface area is 113 Å². The van der Waals surface area contributed by atoms with Gasteiger partial charge in [-0.05, 0) is 19.1 Å². The summed E-state index contributed by atoms with van der Waals surface area (Å²) in [5.74, 6) is 0.687. The summed E-state index contributed by atoms with van der Waals surface area (Å²) in [7, 11) is 1.32. The third kappa shape index (κ3) is 4.17. The average molecular weight is 261 g/mol. The van der Waals surface area contributed by atoms with Crippen molar-refractivity contribution in [3.63, 3.8) is 0 Å². The zero-order valence-corrected chi connectivity index (χ0v) is 11.3. The van der Waals surface area contributed by atoms with Gasteiger partial charge in [-0.3, -0.25) is 0 Å². The number of ether oxygens (including phenoxy) is 2. The minimum absolute atomic E-state index is 0.368. The van der Waals surface area contributed by atoms with Crippen LogP contribution in [0, 0.1) is 6.92 Å². The summed E-state index contributed by atoms with van der Waals surface area (Å²) in [5.41, 5.74) is 1.90. The molecule has 0 aromatic heterocycles. The average Bonchev–Trinajstić information content (AvgIpc) is 2.43. The molecule has 1 amide bonds. The van der Waals surface area contributed by atoms with Crippen LogP contribution in [0.3, 0.4) is 0 Å². The van der Waals surface area contributed by atoms with E-state index >= 15 is 0 Å². The third-order valence-electron chi connectivity index (χ3n) is 2.55. The first-order valence-electron chi connectivity index (χ1n) is 5.93. The molecule has 1 aromatic carbocycles. The number of benzene rings is 1. The van der Waals surface area contributed by atoms with Crippen molar-refractivity contribution < 1.29 is 14.3 Å². The number of nitrogens with one attached hydrogen (secondary N) is 1. The number of amides is 1. The summed E-state index contributed by atoms with van der Waals surface area (Å²) in [6, 6.07) is 5.39. The lowest BCUT2D eigenvalue weighted by Gasteiger charge is -2.18. The molecule has 19 heavy (non-hydrogen) atoms. The van der Waals surface area contributed by atoms with Crippen molar-refractivity contribution in [1.29, 1.82) is 0 Å². The number of aryl methyl sites for hydroxylation is 1. The quantitative estimate of drug-likeness (QED) is 0.800. The fraction of sp³-hybridized carbons (Fsp3) is 0.267. The lowest BCUT2D eigenvalue weighted by molar-refractivity contribution is 0.168. The highest BCUT2D eigenvalue weighted by molar-refractivity contribution is 5.68. The van der Waals surface area contributed by atoms with E-state index in [9.17, 15) is 4.79 Å². The van der Waals surface area contributed by atoms with Gasteiger partial charge in [-0.25, -0.2) is 4.79 Å². The predicted molar refractivity (Wildman–Crippen MR) is 75.3 cm³/mol. The topological polar surface area (TPSA) is 47.6 Å². The van der Waals surface area contributed by atoms with Crippen LogP contribution in [-0.2, 0) is 4.74 Å². The van der Waals surface area contributed by atoms with E-state index in [1.807, 2.05) is 25.1 Å². The standard InChI is InChI=1S/C15H19NO3/c1-5-9-19-14-8-7-11(3)10-12(14)13(6-2)16-15(17)18-4/h5-8,10,13H,1-2,9H2,3-4H3,(H,16,17). The first kappa shape index (κ1) is 14.8. The molecule has 0 saturated heterocycles. The van der Waals surface area contributed by atoms with Gasteiger partial charge in [0.15, 0.2) is 0 Å². The Morgan fingerprint density at radius 2 is 2.21 bits per heavy atom. The summed E-state index contributed by atoms with van der Waals surface area (Å²) >= 11 is 0. The van der Waals surface area contributed by atoms with E-state index in [1.165, 1.54) is 7.11 Å². The maximum absolute atomic E-state index is 11.3. The van der Waals surface area contributed by atoms with Gasteiger partial charge in [0.25, 0.3) is 0 Å². The van der Waals surface area contributed by atoms with Gasteiger partial charge in [0.1, 0.15) is 12.4 Å². The number of hydrogen-bond acceptors (Lipinski definition) is 3. The molecular weight excluding hydrogens is 242 g/mol. The van der Waals surface area contributed by atoms with Crippen molar-refractivity contribution in [2.75, 3.05) is 13.7 Å². The summed E-state index contributed by atoms with van der Waals surface area (Å²) < 4.78 is 10.2. The Kier molecular flexibility index (Phi) is 5.67. The predicted octanol–water partition coefficient (Wildman–Crippen LogP) is 3.14. The van der Waals surface area contributed by atoms with E-state index in [1.54, 1.807) is 12.2 Å². The third-order valence-corrected chi connectivity index (χ3v) is 2.55. The Morgan fingerprint density at radius 1 is 1.47 bits per heavy atom. The number of hydrogen-bond donors (Lipinski definition) is 1. The van der Waals surface area contributed by atoms with Crippen molar-refractivity contribution in [2.45, 2.75) is 13.0 Å². The highest BCUT2D eigenvalue weighted by Gasteiger charge is 2.16. The van der Waals surface area contributed by atoms with E-state index in [4.69, 9.17) is 4.74 Å². The van der Waals surface area contributed by atoms with Crippen molar-refractivity contribution in [2.24, 2.45) is 0 Å². The molecule has 0 spiro atoms. The van der Waals surface area contributed by atoms with E-state index in [2.05, 4.69) is 23.2 Å². The molecule has 0 aliphatic carbocycles. The van der Waals surface area contributed by atoms with Crippen LogP contribution in [0.4, 0.5) is 4.79 Å². The second-order valence-corrected chi connectivity index (χ2v) is 3.99. The molecule has 0 heterocycles. The van der Waals surface area contributed by atoms with Gasteiger partial charge in [0, 0.05) is 5.56 Å². The van der Waals surface area contributed by atoms with Crippen LogP contribution in [0.15, 0.2) is 43.5 Å². The van der Waals surface area contributed by atoms with Crippen LogP contribution >= 0.6 is 0 Å². The van der Waals surface area contributed by atoms with Gasteiger partial charge in [0.05, 0.1) is 13.2 Å². The molecule has 0 fully saturated rings. The van der Waals surface area contributed by atoms with Gasteiger partial charge in [-0.2, -0.15) is 0 Å². The Morgan fingerprint density at radius 3 is 2.79 bits per heavy atom. The molecule has 4 heteroatoms. The van der Waals surface area contributed by atoms with Gasteiger partial charge < -0.3 is 14.8 Å². The maximum Gasteiger partial charge on any atom is 0.407 e. The molecule has 0 bridgehead atoms. The van der Waals surface area contributed by atoms with Crippen LogP contribution in [0.1, 0.15) is 17.2 Å². The Hall–Kier alpha value is -2.23. The number of methoxy groups -OCH3 is 1. The molecule has 0 aliphatic rings. The first-order chi connectivity index (χ1) is 9.12. The van der Waals surface area contributed by atoms with Crippen LogP contribution in [0.5, 0.6) is 5.75 Å². The van der Waals surface area contributed by atoms with Crippen molar-refractivity contribution >= 4 is 6.09 Å². The minimum atomic E-state index is -0.513. The molecule has 0 aliphatic heterocycles. The van der Waals surface area contributed by atoms with Crippen LogP contribution in [0.25, 0.3) is 0 Å². The molecule has 4 nitrogen and oxygen atoms in total. The smallest absolute Gasteiger partial charge is 0.407 e. The summed E-state index contributed by atoms with van der Waals surface area (Å²) in [6.07, 6.45) is 2.79. The van der Waals surface area contributed by atoms with Gasteiger partial charge in [-0.15, -0.1) is 6.58 Å². The molecule has 1 unspecified atom stereocenters. The molecule has 0 radical (unpaired) electrons. The molecule has 0 saturated carbocycles. The molecule has 1 atom stereocenters. The first-order valence-corrected chi connectivity index (χ1v) is 5.93. The van der Waals surface area contributed by atoms with E-state index in [-0.39, 0.29) is 6.04 Å². The number of carbonyl (C=O) groups excluding carboxylic acids is 1. The normalized spacial score (nSPS) is 11.3. The highest BCUT2D eigenvalue weighted by atomic mass is 16.5. The van der Waals surface area contributed by atoms with E-state index in [0.717, 1.165) is 11.1 Å². The van der Waals surface area contributed by atoms with Crippen LogP contribution in [0.2, 0.25) is 0 Å². The summed E-state index contributed by atoms with van der Waals surface area (Å²) in [5, 5.41) is 2.69. The van der Waals surface area contributed by atoms with E-state index in [0.29, 0.717) is 12.4 Å². The number of rotatable bonds is 6. The second-order valence-electron chi connectivity index (χ2n) is 3.99. The highest BCUT2D eigenvalue weighted by Crippen LogP contribution is 2.27. The Bertz CT molecular complexity index is 468. The monoisotopic (exact) mass is 261 g/mol. The lowest BCUT2D eigenvalue weighted by atomic mass is 10.0.